The smallest absolute Gasteiger partial charge is 0.124 e. The first kappa shape index (κ1) is 23.5. The van der Waals surface area contributed by atoms with Crippen molar-refractivity contribution in [3.63, 3.8) is 0 Å². The lowest BCUT2D eigenvalue weighted by atomic mass is 9.76. The highest BCUT2D eigenvalue weighted by molar-refractivity contribution is 7.18. The Labute approximate surface area is 165 Å². The molecule has 1 nitrogen and oxygen atoms in total. The highest BCUT2D eigenvalue weighted by atomic mass is 31.0. The molecule has 0 saturated carbocycles. The van der Waals surface area contributed by atoms with Crippen LogP contribution in [0.2, 0.25) is 0 Å². The quantitative estimate of drug-likeness (QED) is 0.296. The summed E-state index contributed by atoms with van der Waals surface area (Å²) in [5, 5.41) is -0.202. The standard InChI is InChI=1S/C24H43OP/c1-9-11-12-13-17-23(6,7)19-14-15-21(20(18-19)22(3,4)5)25-24(8,26)16-10-2/h14-15,18H,9-13,16-17,26H2,1-8H3. The van der Waals surface area contributed by atoms with Gasteiger partial charge in [0.2, 0.25) is 0 Å². The molecule has 1 aromatic rings. The second kappa shape index (κ2) is 9.59. The Hall–Kier alpha value is -0.550. The molecule has 0 saturated heterocycles. The van der Waals surface area contributed by atoms with Crippen molar-refractivity contribution in [2.24, 2.45) is 0 Å². The fraction of sp³-hybridized carbons (Fsp3) is 0.750. The van der Waals surface area contributed by atoms with Crippen molar-refractivity contribution < 1.29 is 4.74 Å². The van der Waals surface area contributed by atoms with Gasteiger partial charge in [-0.25, -0.2) is 0 Å². The summed E-state index contributed by atoms with van der Waals surface area (Å²) >= 11 is 0. The van der Waals surface area contributed by atoms with Gasteiger partial charge in [0.15, 0.2) is 0 Å². The SMILES string of the molecule is CCCCCCC(C)(C)c1ccc(OC(C)(P)CCC)c(C(C)(C)C)c1. The third-order valence-corrected chi connectivity index (χ3v) is 5.72. The molecule has 0 N–H and O–H groups in total. The Morgan fingerprint density at radius 3 is 2.04 bits per heavy atom. The topological polar surface area (TPSA) is 9.23 Å². The van der Waals surface area contributed by atoms with Crippen LogP contribution in [0.25, 0.3) is 0 Å². The number of hydrogen-bond acceptors (Lipinski definition) is 1. The Bertz CT molecular complexity index is 552. The third-order valence-electron chi connectivity index (χ3n) is 5.31. The molecule has 2 unspecified atom stereocenters. The Morgan fingerprint density at radius 1 is 0.846 bits per heavy atom. The van der Waals surface area contributed by atoms with Gasteiger partial charge in [-0.05, 0) is 47.8 Å². The van der Waals surface area contributed by atoms with Crippen LogP contribution in [0.1, 0.15) is 111 Å². The van der Waals surface area contributed by atoms with Crippen molar-refractivity contribution >= 4 is 9.24 Å². The second-order valence-electron chi connectivity index (χ2n) is 9.82. The van der Waals surface area contributed by atoms with E-state index < -0.39 is 0 Å². The monoisotopic (exact) mass is 378 g/mol. The molecule has 26 heavy (non-hydrogen) atoms. The maximum absolute atomic E-state index is 6.44. The molecule has 0 aliphatic heterocycles. The van der Waals surface area contributed by atoms with Gasteiger partial charge >= 0.3 is 0 Å². The molecule has 0 fully saturated rings. The van der Waals surface area contributed by atoms with Gasteiger partial charge in [-0.15, -0.1) is 0 Å². The molecule has 0 bridgehead atoms. The summed E-state index contributed by atoms with van der Waals surface area (Å²) in [6.45, 7) is 18.3. The Morgan fingerprint density at radius 2 is 1.50 bits per heavy atom. The predicted molar refractivity (Wildman–Crippen MR) is 121 cm³/mol. The molecule has 0 heterocycles. The van der Waals surface area contributed by atoms with Gasteiger partial charge in [0, 0.05) is 0 Å². The summed E-state index contributed by atoms with van der Waals surface area (Å²) in [6.07, 6.45) is 8.69. The van der Waals surface area contributed by atoms with Crippen molar-refractivity contribution in [2.45, 2.75) is 117 Å². The summed E-state index contributed by atoms with van der Waals surface area (Å²) in [5.41, 5.74) is 3.03. The molecular formula is C24H43OP. The lowest BCUT2D eigenvalue weighted by Crippen LogP contribution is -2.26. The summed E-state index contributed by atoms with van der Waals surface area (Å²) < 4.78 is 6.44. The van der Waals surface area contributed by atoms with Crippen molar-refractivity contribution in [2.75, 3.05) is 0 Å². The average molecular weight is 379 g/mol. The van der Waals surface area contributed by atoms with E-state index in [1.807, 2.05) is 0 Å². The van der Waals surface area contributed by atoms with Crippen LogP contribution >= 0.6 is 9.24 Å². The third kappa shape index (κ3) is 7.22. The van der Waals surface area contributed by atoms with E-state index in [-0.39, 0.29) is 16.2 Å². The molecule has 0 aliphatic carbocycles. The van der Waals surface area contributed by atoms with Crippen LogP contribution in [0.15, 0.2) is 18.2 Å². The van der Waals surface area contributed by atoms with Gasteiger partial charge in [0.25, 0.3) is 0 Å². The van der Waals surface area contributed by atoms with E-state index in [1.165, 1.54) is 43.2 Å². The van der Waals surface area contributed by atoms with Gasteiger partial charge in [0.1, 0.15) is 11.1 Å². The van der Waals surface area contributed by atoms with Crippen LogP contribution in [0.4, 0.5) is 0 Å². The predicted octanol–water partition coefficient (Wildman–Crippen LogP) is 8.00. The minimum absolute atomic E-state index is 0.0661. The lowest BCUT2D eigenvalue weighted by Gasteiger charge is -2.33. The summed E-state index contributed by atoms with van der Waals surface area (Å²) in [7, 11) is 2.90. The first-order valence-corrected chi connectivity index (χ1v) is 11.1. The van der Waals surface area contributed by atoms with Gasteiger partial charge < -0.3 is 4.74 Å². The van der Waals surface area contributed by atoms with Gasteiger partial charge in [-0.2, -0.15) is 0 Å². The number of unbranched alkanes of at least 4 members (excludes halogenated alkanes) is 3. The molecular weight excluding hydrogens is 335 g/mol. The highest BCUT2D eigenvalue weighted by Gasteiger charge is 2.28. The molecule has 150 valence electrons. The van der Waals surface area contributed by atoms with E-state index in [0.717, 1.165) is 18.6 Å². The van der Waals surface area contributed by atoms with Gasteiger partial charge in [0.05, 0.1) is 0 Å². The molecule has 0 spiro atoms. The van der Waals surface area contributed by atoms with Gasteiger partial charge in [-0.1, -0.05) is 102 Å². The zero-order chi connectivity index (χ0) is 20.0. The number of benzene rings is 1. The van der Waals surface area contributed by atoms with Crippen LogP contribution in [0, 0.1) is 0 Å². The molecule has 1 aromatic carbocycles. The normalized spacial score (nSPS) is 15.0. The number of hydrogen-bond donors (Lipinski definition) is 0. The van der Waals surface area contributed by atoms with Crippen LogP contribution in [-0.4, -0.2) is 5.34 Å². The average Bonchev–Trinajstić information content (AvgIpc) is 2.50. The van der Waals surface area contributed by atoms with Crippen molar-refractivity contribution in [3.05, 3.63) is 29.3 Å². The second-order valence-corrected chi connectivity index (χ2v) is 11.0. The zero-order valence-electron chi connectivity index (χ0n) is 18.7. The first-order chi connectivity index (χ1) is 11.9. The summed E-state index contributed by atoms with van der Waals surface area (Å²) in [4.78, 5) is 0. The van der Waals surface area contributed by atoms with E-state index in [2.05, 4.69) is 82.8 Å². The minimum atomic E-state index is -0.202. The highest BCUT2D eigenvalue weighted by Crippen LogP contribution is 2.40. The summed E-state index contributed by atoms with van der Waals surface area (Å²) in [6, 6.07) is 6.90. The molecule has 2 atom stereocenters. The van der Waals surface area contributed by atoms with E-state index in [0.29, 0.717) is 0 Å². The largest absolute Gasteiger partial charge is 0.483 e. The summed E-state index contributed by atoms with van der Waals surface area (Å²) in [5.74, 6) is 1.04. The van der Waals surface area contributed by atoms with Crippen LogP contribution in [-0.2, 0) is 10.8 Å². The number of rotatable bonds is 10. The van der Waals surface area contributed by atoms with Crippen molar-refractivity contribution in [1.82, 2.24) is 0 Å². The van der Waals surface area contributed by atoms with E-state index >= 15 is 0 Å². The van der Waals surface area contributed by atoms with E-state index in [4.69, 9.17) is 4.74 Å². The minimum Gasteiger partial charge on any atom is -0.483 e. The van der Waals surface area contributed by atoms with E-state index in [9.17, 15) is 0 Å². The Balaban J connectivity index is 3.11. The molecule has 0 amide bonds. The van der Waals surface area contributed by atoms with Crippen LogP contribution in [0.5, 0.6) is 5.75 Å². The number of ether oxygens (including phenoxy) is 1. The van der Waals surface area contributed by atoms with Crippen LogP contribution in [0.3, 0.4) is 0 Å². The lowest BCUT2D eigenvalue weighted by molar-refractivity contribution is 0.169. The maximum Gasteiger partial charge on any atom is 0.124 e. The van der Waals surface area contributed by atoms with Crippen LogP contribution < -0.4 is 4.74 Å². The van der Waals surface area contributed by atoms with E-state index in [1.54, 1.807) is 0 Å². The van der Waals surface area contributed by atoms with Crippen molar-refractivity contribution in [1.29, 1.82) is 0 Å². The molecule has 0 aromatic heterocycles. The fourth-order valence-electron chi connectivity index (χ4n) is 3.56. The van der Waals surface area contributed by atoms with Crippen molar-refractivity contribution in [3.8, 4) is 5.75 Å². The first-order valence-electron chi connectivity index (χ1n) is 10.6. The Kier molecular flexibility index (Phi) is 8.66. The fourth-order valence-corrected chi connectivity index (χ4v) is 3.98. The molecule has 0 aliphatic rings. The maximum atomic E-state index is 6.44. The molecule has 0 radical (unpaired) electrons. The zero-order valence-corrected chi connectivity index (χ0v) is 19.8. The molecule has 1 rings (SSSR count). The van der Waals surface area contributed by atoms with Gasteiger partial charge in [-0.3, -0.25) is 0 Å². The molecule has 2 heteroatoms.